The van der Waals surface area contributed by atoms with Crippen LogP contribution in [-0.4, -0.2) is 16.7 Å². The van der Waals surface area contributed by atoms with Crippen LogP contribution in [0.5, 0.6) is 5.75 Å². The van der Waals surface area contributed by atoms with Gasteiger partial charge in [-0.25, -0.2) is 4.79 Å². The van der Waals surface area contributed by atoms with Gasteiger partial charge in [-0.1, -0.05) is 48.5 Å². The molecule has 0 fully saturated rings. The molecule has 0 amide bonds. The van der Waals surface area contributed by atoms with E-state index in [1.54, 1.807) is 6.07 Å². The maximum absolute atomic E-state index is 11.1. The molecule has 98 valence electrons. The molecule has 2 rings (SSSR count). The summed E-state index contributed by atoms with van der Waals surface area (Å²) in [5, 5.41) is 9.14. The van der Waals surface area contributed by atoms with Crippen molar-refractivity contribution in [2.75, 3.05) is 0 Å². The zero-order valence-corrected chi connectivity index (χ0v) is 11.0. The fraction of sp³-hybridized carbons (Fsp3) is 0.188. The van der Waals surface area contributed by atoms with E-state index in [-0.39, 0.29) is 0 Å². The van der Waals surface area contributed by atoms with Crippen molar-refractivity contribution >= 4 is 5.97 Å². The molecule has 2 aromatic carbocycles. The summed E-state index contributed by atoms with van der Waals surface area (Å²) in [5.74, 6) is -0.420. The van der Waals surface area contributed by atoms with E-state index in [0.29, 0.717) is 5.75 Å². The Morgan fingerprint density at radius 1 is 1.00 bits per heavy atom. The quantitative estimate of drug-likeness (QED) is 0.909. The van der Waals surface area contributed by atoms with Crippen LogP contribution in [0.4, 0.5) is 0 Å². The Bertz CT molecular complexity index is 574. The molecule has 0 spiro atoms. The van der Waals surface area contributed by atoms with Crippen molar-refractivity contribution in [2.24, 2.45) is 0 Å². The molecular formula is C16H16O3. The van der Waals surface area contributed by atoms with Crippen LogP contribution in [0.2, 0.25) is 0 Å². The third-order valence-corrected chi connectivity index (χ3v) is 2.85. The van der Waals surface area contributed by atoms with Gasteiger partial charge in [0.2, 0.25) is 0 Å². The molecule has 0 saturated carbocycles. The number of carbonyl (C=O) groups is 1. The summed E-state index contributed by atoms with van der Waals surface area (Å²) in [6.45, 7) is 3.08. The van der Waals surface area contributed by atoms with Crippen molar-refractivity contribution in [1.82, 2.24) is 0 Å². The van der Waals surface area contributed by atoms with Gasteiger partial charge in [-0.15, -0.1) is 0 Å². The lowest BCUT2D eigenvalue weighted by Crippen LogP contribution is -2.38. The predicted molar refractivity (Wildman–Crippen MR) is 74.2 cm³/mol. The number of carboxylic acid groups (broad SMARTS) is 1. The fourth-order valence-electron chi connectivity index (χ4n) is 1.73. The van der Waals surface area contributed by atoms with Gasteiger partial charge in [0.15, 0.2) is 5.60 Å². The minimum Gasteiger partial charge on any atom is -0.478 e. The Morgan fingerprint density at radius 3 is 2.21 bits per heavy atom. The van der Waals surface area contributed by atoms with E-state index in [0.717, 1.165) is 11.1 Å². The number of carboxylic acids is 1. The molecule has 2 aromatic rings. The van der Waals surface area contributed by atoms with Gasteiger partial charge in [-0.2, -0.15) is 0 Å². The molecule has 3 heteroatoms. The second-order valence-electron chi connectivity index (χ2n) is 4.78. The summed E-state index contributed by atoms with van der Waals surface area (Å²) in [5.41, 5.74) is 0.627. The first-order valence-electron chi connectivity index (χ1n) is 6.07. The average Bonchev–Trinajstić information content (AvgIpc) is 2.40. The Morgan fingerprint density at radius 2 is 1.58 bits per heavy atom. The molecule has 19 heavy (non-hydrogen) atoms. The van der Waals surface area contributed by atoms with Crippen LogP contribution in [0.15, 0.2) is 54.6 Å². The normalized spacial score (nSPS) is 11.1. The average molecular weight is 256 g/mol. The molecule has 0 radical (unpaired) electrons. The van der Waals surface area contributed by atoms with Crippen LogP contribution in [0.1, 0.15) is 13.8 Å². The molecule has 0 heterocycles. The summed E-state index contributed by atoms with van der Waals surface area (Å²) >= 11 is 0. The monoisotopic (exact) mass is 256 g/mol. The van der Waals surface area contributed by atoms with E-state index >= 15 is 0 Å². The molecule has 3 nitrogen and oxygen atoms in total. The first-order chi connectivity index (χ1) is 9.00. The van der Waals surface area contributed by atoms with Crippen LogP contribution in [0.3, 0.4) is 0 Å². The number of hydrogen-bond donors (Lipinski definition) is 1. The number of rotatable bonds is 4. The minimum absolute atomic E-state index is 0.570. The van der Waals surface area contributed by atoms with Crippen LogP contribution >= 0.6 is 0 Å². The fourth-order valence-corrected chi connectivity index (χ4v) is 1.73. The van der Waals surface area contributed by atoms with E-state index in [4.69, 9.17) is 9.84 Å². The molecular weight excluding hydrogens is 240 g/mol. The van der Waals surface area contributed by atoms with Crippen molar-refractivity contribution in [3.05, 3.63) is 54.6 Å². The highest BCUT2D eigenvalue weighted by atomic mass is 16.5. The maximum atomic E-state index is 11.1. The summed E-state index contributed by atoms with van der Waals surface area (Å²) in [7, 11) is 0. The Balaban J connectivity index is 2.40. The van der Waals surface area contributed by atoms with Crippen LogP contribution in [0, 0.1) is 0 Å². The summed E-state index contributed by atoms with van der Waals surface area (Å²) in [6.07, 6.45) is 0. The van der Waals surface area contributed by atoms with E-state index in [1.165, 1.54) is 13.8 Å². The molecule has 1 N–H and O–H groups in total. The molecule has 0 aromatic heterocycles. The largest absolute Gasteiger partial charge is 0.478 e. The number of benzene rings is 2. The highest BCUT2D eigenvalue weighted by molar-refractivity contribution is 5.78. The van der Waals surface area contributed by atoms with Crippen molar-refractivity contribution in [3.8, 4) is 16.9 Å². The van der Waals surface area contributed by atoms with Crippen LogP contribution in [0.25, 0.3) is 11.1 Å². The zero-order valence-electron chi connectivity index (χ0n) is 11.0. The highest BCUT2D eigenvalue weighted by Crippen LogP contribution is 2.32. The predicted octanol–water partition coefficient (Wildman–Crippen LogP) is 3.60. The van der Waals surface area contributed by atoms with Gasteiger partial charge in [0.05, 0.1) is 0 Å². The third kappa shape index (κ3) is 2.94. The van der Waals surface area contributed by atoms with Gasteiger partial charge in [0, 0.05) is 5.56 Å². The van der Waals surface area contributed by atoms with E-state index < -0.39 is 11.6 Å². The lowest BCUT2D eigenvalue weighted by atomic mass is 10.0. The van der Waals surface area contributed by atoms with Crippen molar-refractivity contribution in [1.29, 1.82) is 0 Å². The van der Waals surface area contributed by atoms with Gasteiger partial charge in [-0.3, -0.25) is 0 Å². The molecule has 0 bridgehead atoms. The third-order valence-electron chi connectivity index (χ3n) is 2.85. The zero-order chi connectivity index (χ0) is 13.9. The number of para-hydroxylation sites is 1. The van der Waals surface area contributed by atoms with Gasteiger partial charge < -0.3 is 9.84 Å². The van der Waals surface area contributed by atoms with Gasteiger partial charge >= 0.3 is 5.97 Å². The summed E-state index contributed by atoms with van der Waals surface area (Å²) in [6, 6.07) is 17.2. The van der Waals surface area contributed by atoms with Crippen molar-refractivity contribution in [2.45, 2.75) is 19.4 Å². The van der Waals surface area contributed by atoms with Gasteiger partial charge in [-0.05, 0) is 25.5 Å². The van der Waals surface area contributed by atoms with Crippen LogP contribution < -0.4 is 4.74 Å². The van der Waals surface area contributed by atoms with E-state index in [2.05, 4.69) is 0 Å². The van der Waals surface area contributed by atoms with Crippen molar-refractivity contribution in [3.63, 3.8) is 0 Å². The highest BCUT2D eigenvalue weighted by Gasteiger charge is 2.30. The first-order valence-corrected chi connectivity index (χ1v) is 6.07. The second-order valence-corrected chi connectivity index (χ2v) is 4.78. The Labute approximate surface area is 112 Å². The van der Waals surface area contributed by atoms with Crippen molar-refractivity contribution < 1.29 is 14.6 Å². The van der Waals surface area contributed by atoms with E-state index in [1.807, 2.05) is 48.5 Å². The molecule has 0 aliphatic carbocycles. The van der Waals surface area contributed by atoms with E-state index in [9.17, 15) is 4.79 Å². The molecule has 0 aliphatic rings. The molecule has 0 atom stereocenters. The number of aliphatic carboxylic acids is 1. The molecule has 0 unspecified atom stereocenters. The molecule has 0 saturated heterocycles. The topological polar surface area (TPSA) is 46.5 Å². The Kier molecular flexibility index (Phi) is 3.56. The lowest BCUT2D eigenvalue weighted by Gasteiger charge is -2.23. The number of ether oxygens (including phenoxy) is 1. The minimum atomic E-state index is -1.26. The van der Waals surface area contributed by atoms with Crippen LogP contribution in [-0.2, 0) is 4.79 Å². The SMILES string of the molecule is CC(C)(Oc1ccccc1-c1ccccc1)C(=O)O. The summed E-state index contributed by atoms with van der Waals surface area (Å²) < 4.78 is 5.65. The number of hydrogen-bond acceptors (Lipinski definition) is 2. The van der Waals surface area contributed by atoms with Gasteiger partial charge in [0.1, 0.15) is 5.75 Å². The lowest BCUT2D eigenvalue weighted by molar-refractivity contribution is -0.152. The van der Waals surface area contributed by atoms with Gasteiger partial charge in [0.25, 0.3) is 0 Å². The molecule has 0 aliphatic heterocycles. The smallest absolute Gasteiger partial charge is 0.347 e. The second kappa shape index (κ2) is 5.14. The Hall–Kier alpha value is -2.29. The summed E-state index contributed by atoms with van der Waals surface area (Å²) in [4.78, 5) is 11.1. The maximum Gasteiger partial charge on any atom is 0.347 e. The standard InChI is InChI=1S/C16H16O3/c1-16(2,15(17)18)19-14-11-7-6-10-13(14)12-8-4-3-5-9-12/h3-11H,1-2H3,(H,17,18). The first kappa shape index (κ1) is 13.1.